The maximum atomic E-state index is 14.2. The highest BCUT2D eigenvalue weighted by molar-refractivity contribution is 7.14. The fourth-order valence-electron chi connectivity index (χ4n) is 4.59. The van der Waals surface area contributed by atoms with Gasteiger partial charge in [0.25, 0.3) is 5.91 Å². The number of amides is 3. The third kappa shape index (κ3) is 6.15. The van der Waals surface area contributed by atoms with E-state index in [0.29, 0.717) is 22.5 Å². The first kappa shape index (κ1) is 31.1. The molecule has 2 aromatic carbocycles. The van der Waals surface area contributed by atoms with Gasteiger partial charge < -0.3 is 20.7 Å². The van der Waals surface area contributed by atoms with Gasteiger partial charge in [-0.25, -0.2) is 4.39 Å². The number of carbonyl (C=O) groups excluding carboxylic acids is 3. The summed E-state index contributed by atoms with van der Waals surface area (Å²) < 4.78 is 59.7. The Balaban J connectivity index is 1.69. The van der Waals surface area contributed by atoms with E-state index >= 15 is 0 Å². The highest BCUT2D eigenvalue weighted by Gasteiger charge is 2.43. The van der Waals surface area contributed by atoms with Gasteiger partial charge in [-0.05, 0) is 60.9 Å². The summed E-state index contributed by atoms with van der Waals surface area (Å²) in [7, 11) is 1.39. The van der Waals surface area contributed by atoms with Crippen LogP contribution in [0.3, 0.4) is 0 Å². The molecule has 3 amide bonds. The van der Waals surface area contributed by atoms with Crippen LogP contribution in [0.4, 0.5) is 23.2 Å². The Labute approximate surface area is 246 Å². The smallest absolute Gasteiger partial charge is 0.372 e. The number of hydrogen-bond acceptors (Lipinski definition) is 7. The molecule has 42 heavy (non-hydrogen) atoms. The van der Waals surface area contributed by atoms with Gasteiger partial charge in [0.15, 0.2) is 0 Å². The summed E-state index contributed by atoms with van der Waals surface area (Å²) in [4.78, 5) is 39.3. The Morgan fingerprint density at radius 2 is 1.93 bits per heavy atom. The second-order valence-electron chi connectivity index (χ2n) is 9.53. The highest BCUT2D eigenvalue weighted by Crippen LogP contribution is 2.43. The molecule has 1 aliphatic rings. The van der Waals surface area contributed by atoms with Gasteiger partial charge in [0, 0.05) is 29.5 Å². The van der Waals surface area contributed by atoms with E-state index in [2.05, 4.69) is 15.5 Å². The quantitative estimate of drug-likeness (QED) is 0.333. The van der Waals surface area contributed by atoms with Crippen molar-refractivity contribution in [3.63, 3.8) is 0 Å². The van der Waals surface area contributed by atoms with Gasteiger partial charge in [-0.15, -0.1) is 10.2 Å². The van der Waals surface area contributed by atoms with Crippen LogP contribution in [0, 0.1) is 5.82 Å². The molecule has 2 heterocycles. The van der Waals surface area contributed by atoms with Gasteiger partial charge in [0.2, 0.25) is 16.8 Å². The lowest BCUT2D eigenvalue weighted by Crippen LogP contribution is -2.56. The number of halogens is 5. The zero-order valence-electron chi connectivity index (χ0n) is 22.4. The van der Waals surface area contributed by atoms with Crippen LogP contribution in [0.25, 0.3) is 16.1 Å². The SMILES string of the molecule is CCC(C(=O)Nc1ccc(C(N)=O)c(F)c1)N1CC(C)(OC)C(c2cc(Cl)ccc2-c2nnc(C(F)(F)F)s2)=CC1=O. The van der Waals surface area contributed by atoms with Gasteiger partial charge in [-0.2, -0.15) is 13.2 Å². The number of methoxy groups -OCH3 is 1. The number of hydrogen-bond donors (Lipinski definition) is 2. The minimum Gasteiger partial charge on any atom is -0.372 e. The third-order valence-electron chi connectivity index (χ3n) is 6.78. The molecule has 222 valence electrons. The number of nitrogens with two attached hydrogens (primary N) is 1. The molecule has 0 saturated heterocycles. The first-order valence-electron chi connectivity index (χ1n) is 12.4. The lowest BCUT2D eigenvalue weighted by Gasteiger charge is -2.43. The molecule has 1 aliphatic heterocycles. The lowest BCUT2D eigenvalue weighted by atomic mass is 9.83. The third-order valence-corrected chi connectivity index (χ3v) is 8.02. The van der Waals surface area contributed by atoms with Crippen molar-refractivity contribution in [1.29, 1.82) is 0 Å². The van der Waals surface area contributed by atoms with Crippen LogP contribution < -0.4 is 11.1 Å². The topological polar surface area (TPSA) is 128 Å². The molecule has 4 rings (SSSR count). The predicted molar refractivity (Wildman–Crippen MR) is 148 cm³/mol. The molecule has 1 aromatic heterocycles. The molecule has 15 heteroatoms. The zero-order chi connectivity index (χ0) is 31.0. The number of ether oxygens (including phenoxy) is 1. The van der Waals surface area contributed by atoms with Gasteiger partial charge >= 0.3 is 6.18 Å². The summed E-state index contributed by atoms with van der Waals surface area (Å²) in [6, 6.07) is 6.82. The highest BCUT2D eigenvalue weighted by atomic mass is 35.5. The fraction of sp³-hybridized carbons (Fsp3) is 0.296. The van der Waals surface area contributed by atoms with Crippen molar-refractivity contribution in [3.05, 3.63) is 69.4 Å². The van der Waals surface area contributed by atoms with Crippen LogP contribution in [0.5, 0.6) is 0 Å². The maximum Gasteiger partial charge on any atom is 0.445 e. The van der Waals surface area contributed by atoms with E-state index in [9.17, 15) is 31.9 Å². The van der Waals surface area contributed by atoms with Crippen molar-refractivity contribution < 1.29 is 36.7 Å². The molecule has 0 spiro atoms. The lowest BCUT2D eigenvalue weighted by molar-refractivity contribution is -0.139. The number of anilines is 1. The minimum absolute atomic E-state index is 0.0383. The normalized spacial score (nSPS) is 18.0. The van der Waals surface area contributed by atoms with E-state index in [0.717, 1.165) is 12.1 Å². The Morgan fingerprint density at radius 3 is 2.50 bits per heavy atom. The van der Waals surface area contributed by atoms with Crippen molar-refractivity contribution >= 4 is 51.9 Å². The molecule has 0 aliphatic carbocycles. The molecule has 2 atom stereocenters. The zero-order valence-corrected chi connectivity index (χ0v) is 24.0. The molecule has 0 radical (unpaired) electrons. The number of nitrogens with one attached hydrogen (secondary N) is 1. The van der Waals surface area contributed by atoms with Crippen molar-refractivity contribution in [2.24, 2.45) is 5.73 Å². The minimum atomic E-state index is -4.69. The van der Waals surface area contributed by atoms with E-state index in [1.807, 2.05) is 0 Å². The number of primary amides is 1. The molecular weight excluding hydrogens is 602 g/mol. The number of nitrogens with zero attached hydrogens (tertiary/aromatic N) is 3. The summed E-state index contributed by atoms with van der Waals surface area (Å²) in [5.74, 6) is -3.08. The molecular formula is C27H24ClF4N5O4S. The summed E-state index contributed by atoms with van der Waals surface area (Å²) >= 11 is 6.59. The fourth-order valence-corrected chi connectivity index (χ4v) is 5.51. The van der Waals surface area contributed by atoms with Gasteiger partial charge in [-0.1, -0.05) is 29.9 Å². The maximum absolute atomic E-state index is 14.2. The Kier molecular flexibility index (Phi) is 8.71. The molecule has 2 unspecified atom stereocenters. The molecule has 3 N–H and O–H groups in total. The molecule has 0 bridgehead atoms. The number of carbonyl (C=O) groups is 3. The number of rotatable bonds is 8. The number of aromatic nitrogens is 2. The van der Waals surface area contributed by atoms with Crippen LogP contribution in [0.2, 0.25) is 5.02 Å². The Hall–Kier alpha value is -3.88. The van der Waals surface area contributed by atoms with E-state index in [4.69, 9.17) is 22.1 Å². The second kappa shape index (κ2) is 11.8. The van der Waals surface area contributed by atoms with Crippen LogP contribution in [-0.2, 0) is 20.5 Å². The monoisotopic (exact) mass is 625 g/mol. The van der Waals surface area contributed by atoms with Crippen molar-refractivity contribution in [3.8, 4) is 10.6 Å². The van der Waals surface area contributed by atoms with Gasteiger partial charge in [0.1, 0.15) is 22.5 Å². The average molecular weight is 626 g/mol. The molecule has 0 fully saturated rings. The summed E-state index contributed by atoms with van der Waals surface area (Å²) in [6.07, 6.45) is -3.27. The predicted octanol–water partition coefficient (Wildman–Crippen LogP) is 5.16. The van der Waals surface area contributed by atoms with Crippen molar-refractivity contribution in [2.75, 3.05) is 19.0 Å². The van der Waals surface area contributed by atoms with E-state index in [1.165, 1.54) is 42.4 Å². The first-order valence-corrected chi connectivity index (χ1v) is 13.6. The average Bonchev–Trinajstić information content (AvgIpc) is 3.42. The summed E-state index contributed by atoms with van der Waals surface area (Å²) in [5, 5.41) is 8.60. The largest absolute Gasteiger partial charge is 0.445 e. The number of benzene rings is 2. The van der Waals surface area contributed by atoms with E-state index in [1.54, 1.807) is 13.8 Å². The summed E-state index contributed by atoms with van der Waals surface area (Å²) in [6.45, 7) is 3.22. The van der Waals surface area contributed by atoms with Crippen LogP contribution >= 0.6 is 22.9 Å². The Morgan fingerprint density at radius 1 is 1.21 bits per heavy atom. The molecule has 9 nitrogen and oxygen atoms in total. The van der Waals surface area contributed by atoms with Crippen molar-refractivity contribution in [2.45, 2.75) is 38.1 Å². The first-order chi connectivity index (χ1) is 19.7. The standard InChI is InChI=1S/C27H24ClF4N5O4S/c1-4-20(23(40)34-14-6-8-16(22(33)39)19(29)10-14)37-12-26(2,41-3)18(11-21(37)38)17-9-13(28)5-7-15(17)24-35-36-25(42-24)27(30,31)32/h5-11,20H,4,12H2,1-3H3,(H2,33,39)(H,34,40). The van der Waals surface area contributed by atoms with Crippen LogP contribution in [-0.4, -0.2) is 58.1 Å². The van der Waals surface area contributed by atoms with Gasteiger partial charge in [-0.3, -0.25) is 14.4 Å². The van der Waals surface area contributed by atoms with E-state index < -0.39 is 46.4 Å². The molecule has 0 saturated carbocycles. The van der Waals surface area contributed by atoms with E-state index in [-0.39, 0.29) is 39.8 Å². The van der Waals surface area contributed by atoms with Crippen LogP contribution in [0.1, 0.15) is 41.2 Å². The van der Waals surface area contributed by atoms with Gasteiger partial charge in [0.05, 0.1) is 12.1 Å². The number of alkyl halides is 3. The Bertz CT molecular complexity index is 1590. The summed E-state index contributed by atoms with van der Waals surface area (Å²) in [5.41, 5.74) is 4.47. The molecule has 3 aromatic rings. The second-order valence-corrected chi connectivity index (χ2v) is 10.9. The van der Waals surface area contributed by atoms with Crippen LogP contribution in [0.15, 0.2) is 42.5 Å². The van der Waals surface area contributed by atoms with Crippen molar-refractivity contribution in [1.82, 2.24) is 15.1 Å².